The van der Waals surface area contributed by atoms with Crippen LogP contribution in [0.5, 0.6) is 0 Å². The fourth-order valence-corrected chi connectivity index (χ4v) is 6.79. The molecule has 0 N–H and O–H groups in total. The minimum Gasteiger partial charge on any atom is -0.308 e. The van der Waals surface area contributed by atoms with Crippen LogP contribution in [0, 0.1) is 0 Å². The van der Waals surface area contributed by atoms with Crippen molar-refractivity contribution in [2.45, 2.75) is 62.2 Å². The van der Waals surface area contributed by atoms with E-state index in [9.17, 15) is 0 Å². The van der Waals surface area contributed by atoms with Gasteiger partial charge in [0.05, 0.1) is 21.2 Å². The van der Waals surface area contributed by atoms with Crippen molar-refractivity contribution in [2.24, 2.45) is 0 Å². The molecule has 4 heteroatoms. The molecule has 0 bridgehead atoms. The molecule has 0 aliphatic heterocycles. The Hall–Kier alpha value is -2.01. The van der Waals surface area contributed by atoms with Crippen LogP contribution >= 0.6 is 43.6 Å². The number of rotatable bonds is 3. The van der Waals surface area contributed by atoms with E-state index in [1.807, 2.05) is 0 Å². The molecule has 0 unspecified atom stereocenters. The zero-order chi connectivity index (χ0) is 25.8. The zero-order valence-electron chi connectivity index (χ0n) is 21.6. The van der Waals surface area contributed by atoms with E-state index in [0.29, 0.717) is 0 Å². The lowest BCUT2D eigenvalue weighted by Gasteiger charge is -2.19. The molecule has 1 nitrogen and oxygen atoms in total. The summed E-state index contributed by atoms with van der Waals surface area (Å²) >= 11 is 9.57. The lowest BCUT2D eigenvalue weighted by atomic mass is 9.85. The molecular formula is C32H31Br2NS. The van der Waals surface area contributed by atoms with Crippen LogP contribution in [0.25, 0.3) is 27.5 Å². The summed E-state index contributed by atoms with van der Waals surface area (Å²) in [7, 11) is 0. The van der Waals surface area contributed by atoms with Gasteiger partial charge in [-0.1, -0.05) is 99.6 Å². The molecule has 0 amide bonds. The van der Waals surface area contributed by atoms with Crippen molar-refractivity contribution in [1.29, 1.82) is 0 Å². The number of halogens is 2. The molecule has 1 heterocycles. The highest BCUT2D eigenvalue weighted by atomic mass is 79.9. The van der Waals surface area contributed by atoms with Crippen LogP contribution in [0.4, 0.5) is 0 Å². The highest BCUT2D eigenvalue weighted by Crippen LogP contribution is 2.43. The summed E-state index contributed by atoms with van der Waals surface area (Å²) in [6, 6.07) is 28.9. The predicted octanol–water partition coefficient (Wildman–Crippen LogP) is 11.1. The first-order valence-electron chi connectivity index (χ1n) is 12.2. The minimum atomic E-state index is 0.0834. The maximum atomic E-state index is 4.00. The minimum absolute atomic E-state index is 0.0834. The maximum Gasteiger partial charge on any atom is 0.0627 e. The van der Waals surface area contributed by atoms with Crippen molar-refractivity contribution in [3.8, 4) is 5.69 Å². The molecule has 0 spiro atoms. The van der Waals surface area contributed by atoms with E-state index in [1.54, 1.807) is 11.8 Å². The summed E-state index contributed by atoms with van der Waals surface area (Å²) in [5.74, 6) is 0. The number of fused-ring (bicyclic) bond motifs is 3. The Morgan fingerprint density at radius 3 is 1.67 bits per heavy atom. The number of benzene rings is 4. The Kier molecular flexibility index (Phi) is 6.68. The summed E-state index contributed by atoms with van der Waals surface area (Å²) in [6.45, 7) is 13.7. The van der Waals surface area contributed by atoms with Gasteiger partial charge in [-0.25, -0.2) is 0 Å². The van der Waals surface area contributed by atoms with E-state index in [1.165, 1.54) is 42.7 Å². The Bertz CT molecular complexity index is 1510. The van der Waals surface area contributed by atoms with E-state index < -0.39 is 0 Å². The van der Waals surface area contributed by atoms with E-state index in [4.69, 9.17) is 0 Å². The van der Waals surface area contributed by atoms with E-state index >= 15 is 0 Å². The molecule has 1 aromatic heterocycles. The second kappa shape index (κ2) is 9.38. The smallest absolute Gasteiger partial charge is 0.0627 e. The molecule has 0 saturated heterocycles. The molecule has 36 heavy (non-hydrogen) atoms. The average Bonchev–Trinajstić information content (AvgIpc) is 3.14. The van der Waals surface area contributed by atoms with E-state index in [2.05, 4.69) is 157 Å². The third-order valence-corrected chi connectivity index (χ3v) is 9.30. The molecule has 0 aliphatic rings. The Labute approximate surface area is 235 Å². The summed E-state index contributed by atoms with van der Waals surface area (Å²) in [6.07, 6.45) is 0. The van der Waals surface area contributed by atoms with Gasteiger partial charge in [0, 0.05) is 25.0 Å². The number of hydrogen-bond acceptors (Lipinski definition) is 1. The van der Waals surface area contributed by atoms with Crippen LogP contribution in [0.1, 0.15) is 52.7 Å². The van der Waals surface area contributed by atoms with Gasteiger partial charge in [0.25, 0.3) is 0 Å². The Balaban J connectivity index is 1.81. The van der Waals surface area contributed by atoms with E-state index in [0.717, 1.165) is 14.6 Å². The fraction of sp³-hybridized carbons (Fsp3) is 0.250. The largest absolute Gasteiger partial charge is 0.308 e. The van der Waals surface area contributed by atoms with Gasteiger partial charge in [-0.3, -0.25) is 0 Å². The normalized spacial score (nSPS) is 12.6. The van der Waals surface area contributed by atoms with Crippen LogP contribution in [0.3, 0.4) is 0 Å². The Morgan fingerprint density at radius 2 is 1.17 bits per heavy atom. The second-order valence-electron chi connectivity index (χ2n) is 11.5. The van der Waals surface area contributed by atoms with E-state index in [-0.39, 0.29) is 10.8 Å². The quantitative estimate of drug-likeness (QED) is 0.194. The van der Waals surface area contributed by atoms with Gasteiger partial charge >= 0.3 is 0 Å². The van der Waals surface area contributed by atoms with Crippen molar-refractivity contribution in [3.63, 3.8) is 0 Å². The monoisotopic (exact) mass is 619 g/mol. The number of nitrogens with zero attached hydrogens (tertiary/aromatic N) is 1. The SMILES string of the molecule is CC(C)(C)c1ccc2c(c1)c1cc(C(C)(C)C)ccc1n2-c1cc(Br)cc(Sc2ccccc2)c1Br. The van der Waals surface area contributed by atoms with Crippen LogP contribution in [0.15, 0.2) is 97.6 Å². The van der Waals surface area contributed by atoms with Crippen molar-refractivity contribution < 1.29 is 0 Å². The number of aromatic nitrogens is 1. The lowest BCUT2D eigenvalue weighted by molar-refractivity contribution is 0.590. The van der Waals surface area contributed by atoms with Gasteiger partial charge in [0.15, 0.2) is 0 Å². The van der Waals surface area contributed by atoms with Crippen molar-refractivity contribution in [2.75, 3.05) is 0 Å². The van der Waals surface area contributed by atoms with Crippen LogP contribution in [-0.4, -0.2) is 4.57 Å². The molecule has 0 aliphatic carbocycles. The molecule has 0 saturated carbocycles. The first-order chi connectivity index (χ1) is 16.9. The highest BCUT2D eigenvalue weighted by molar-refractivity contribution is 9.11. The van der Waals surface area contributed by atoms with Crippen LogP contribution in [0.2, 0.25) is 0 Å². The average molecular weight is 621 g/mol. The molecule has 184 valence electrons. The molecule has 5 rings (SSSR count). The van der Waals surface area contributed by atoms with Crippen LogP contribution in [-0.2, 0) is 10.8 Å². The lowest BCUT2D eigenvalue weighted by Crippen LogP contribution is -2.10. The third-order valence-electron chi connectivity index (χ3n) is 6.69. The summed E-state index contributed by atoms with van der Waals surface area (Å²) in [4.78, 5) is 2.40. The first kappa shape index (κ1) is 25.6. The third kappa shape index (κ3) is 4.80. The molecule has 5 aromatic rings. The predicted molar refractivity (Wildman–Crippen MR) is 164 cm³/mol. The van der Waals surface area contributed by atoms with Crippen molar-refractivity contribution >= 4 is 65.4 Å². The maximum absolute atomic E-state index is 4.00. The molecule has 0 fully saturated rings. The molecule has 4 aromatic carbocycles. The van der Waals surface area contributed by atoms with Crippen LogP contribution < -0.4 is 0 Å². The zero-order valence-corrected chi connectivity index (χ0v) is 25.6. The summed E-state index contributed by atoms with van der Waals surface area (Å²) in [5.41, 5.74) is 6.44. The summed E-state index contributed by atoms with van der Waals surface area (Å²) < 4.78 is 4.57. The molecular weight excluding hydrogens is 590 g/mol. The number of hydrogen-bond donors (Lipinski definition) is 0. The highest BCUT2D eigenvalue weighted by Gasteiger charge is 2.22. The second-order valence-corrected chi connectivity index (χ2v) is 14.3. The summed E-state index contributed by atoms with van der Waals surface area (Å²) in [5, 5.41) is 2.60. The fourth-order valence-electron chi connectivity index (χ4n) is 4.62. The van der Waals surface area contributed by atoms with Gasteiger partial charge in [0.1, 0.15) is 0 Å². The van der Waals surface area contributed by atoms with Gasteiger partial charge in [-0.2, -0.15) is 0 Å². The standard InChI is InChI=1S/C32H31Br2NS/c1-31(2,3)20-12-14-26-24(16-20)25-17-21(32(4,5)6)13-15-27(25)35(26)28-18-22(33)19-29(30(28)34)36-23-10-8-7-9-11-23/h7-19H,1-6H3. The van der Waals surface area contributed by atoms with Crippen molar-refractivity contribution in [1.82, 2.24) is 4.57 Å². The van der Waals surface area contributed by atoms with Gasteiger partial charge < -0.3 is 4.57 Å². The van der Waals surface area contributed by atoms with Crippen molar-refractivity contribution in [3.05, 3.63) is 98.9 Å². The Morgan fingerprint density at radius 1 is 0.639 bits per heavy atom. The first-order valence-corrected chi connectivity index (χ1v) is 14.7. The topological polar surface area (TPSA) is 4.93 Å². The molecule has 0 radical (unpaired) electrons. The van der Waals surface area contributed by atoms with Gasteiger partial charge in [-0.05, 0) is 86.4 Å². The van der Waals surface area contributed by atoms with Gasteiger partial charge in [-0.15, -0.1) is 0 Å². The van der Waals surface area contributed by atoms with Gasteiger partial charge in [0.2, 0.25) is 0 Å². The molecule has 0 atom stereocenters.